The van der Waals surface area contributed by atoms with Gasteiger partial charge in [0.05, 0.1) is 16.3 Å². The largest absolute Gasteiger partial charge is 0.326 e. The Labute approximate surface area is 194 Å². The maximum atomic E-state index is 12.2. The Bertz CT molecular complexity index is 1440. The van der Waals surface area contributed by atoms with Crippen LogP contribution in [0.1, 0.15) is 5.56 Å². The molecule has 166 valence electrons. The van der Waals surface area contributed by atoms with E-state index in [-0.39, 0.29) is 11.4 Å². The number of hydrogen-bond acceptors (Lipinski definition) is 4. The molecule has 3 amide bonds. The van der Waals surface area contributed by atoms with E-state index in [0.717, 1.165) is 22.5 Å². The molecule has 0 radical (unpaired) electrons. The highest BCUT2D eigenvalue weighted by atomic mass is 16.6. The van der Waals surface area contributed by atoms with E-state index < -0.39 is 16.9 Å². The van der Waals surface area contributed by atoms with Gasteiger partial charge in [-0.3, -0.25) is 20.2 Å². The van der Waals surface area contributed by atoms with E-state index in [1.807, 2.05) is 71.3 Å². The van der Waals surface area contributed by atoms with Gasteiger partial charge in [-0.1, -0.05) is 60.7 Å². The molecule has 5 rings (SSSR count). The van der Waals surface area contributed by atoms with Gasteiger partial charge in [-0.15, -0.1) is 0 Å². The minimum Gasteiger partial charge on any atom is -0.309 e. The number of benzene rings is 3. The third-order valence-corrected chi connectivity index (χ3v) is 5.49. The maximum absolute atomic E-state index is 12.2. The average molecular weight is 450 g/mol. The van der Waals surface area contributed by atoms with Gasteiger partial charge in [0, 0.05) is 23.4 Å². The summed E-state index contributed by atoms with van der Waals surface area (Å²) >= 11 is 0. The number of imide groups is 1. The van der Waals surface area contributed by atoms with Gasteiger partial charge >= 0.3 is 6.03 Å². The highest BCUT2D eigenvalue weighted by molar-refractivity contribution is 6.14. The number of carbonyl (C=O) groups is 2. The summed E-state index contributed by atoms with van der Waals surface area (Å²) in [7, 11) is 0. The van der Waals surface area contributed by atoms with E-state index in [9.17, 15) is 19.7 Å². The van der Waals surface area contributed by atoms with Crippen LogP contribution < -0.4 is 10.6 Å². The van der Waals surface area contributed by atoms with E-state index in [1.165, 1.54) is 12.1 Å². The van der Waals surface area contributed by atoms with E-state index in [1.54, 1.807) is 18.2 Å². The zero-order chi connectivity index (χ0) is 23.7. The van der Waals surface area contributed by atoms with Gasteiger partial charge in [0.15, 0.2) is 0 Å². The molecule has 0 aliphatic carbocycles. The summed E-state index contributed by atoms with van der Waals surface area (Å²) in [6.45, 7) is 0. The van der Waals surface area contributed by atoms with Gasteiger partial charge < -0.3 is 9.88 Å². The first-order valence-electron chi connectivity index (χ1n) is 10.5. The van der Waals surface area contributed by atoms with E-state index >= 15 is 0 Å². The Balaban J connectivity index is 1.81. The molecular weight excluding hydrogens is 432 g/mol. The zero-order valence-electron chi connectivity index (χ0n) is 17.8. The van der Waals surface area contributed by atoms with Gasteiger partial charge in [0.1, 0.15) is 5.70 Å². The number of nitrogens with one attached hydrogen (secondary N) is 2. The number of non-ortho nitro benzene ring substituents is 1. The summed E-state index contributed by atoms with van der Waals surface area (Å²) in [5, 5.41) is 16.0. The molecule has 8 nitrogen and oxygen atoms in total. The molecule has 1 saturated heterocycles. The molecule has 1 aromatic heterocycles. The molecule has 3 aromatic carbocycles. The zero-order valence-corrected chi connectivity index (χ0v) is 17.8. The van der Waals surface area contributed by atoms with Gasteiger partial charge in [0.2, 0.25) is 0 Å². The molecule has 1 fully saturated rings. The van der Waals surface area contributed by atoms with Crippen LogP contribution in [-0.2, 0) is 4.79 Å². The van der Waals surface area contributed by atoms with Gasteiger partial charge in [-0.25, -0.2) is 4.79 Å². The van der Waals surface area contributed by atoms with Gasteiger partial charge in [-0.05, 0) is 35.4 Å². The Morgan fingerprint density at radius 2 is 1.41 bits per heavy atom. The molecule has 0 atom stereocenters. The summed E-state index contributed by atoms with van der Waals surface area (Å²) in [5.41, 5.74) is 4.94. The van der Waals surface area contributed by atoms with E-state index in [2.05, 4.69) is 10.6 Å². The number of amides is 3. The lowest BCUT2D eigenvalue weighted by molar-refractivity contribution is -0.384. The van der Waals surface area contributed by atoms with Crippen LogP contribution in [0.5, 0.6) is 0 Å². The molecule has 0 saturated carbocycles. The fourth-order valence-electron chi connectivity index (χ4n) is 3.98. The molecule has 0 unspecified atom stereocenters. The third-order valence-electron chi connectivity index (χ3n) is 5.49. The highest BCUT2D eigenvalue weighted by Gasteiger charge is 2.25. The standard InChI is InChI=1S/C26H18N4O4/c31-25-22(27-26(32)28-25)15-19-16-23(17-7-3-1-4-8-17)29(24(19)18-9-5-2-6-10-18)20-11-13-21(14-12-20)30(33)34/h1-16H,(H2,27,28,31,32)/b22-15-. The molecular formula is C26H18N4O4. The van der Waals surface area contributed by atoms with Crippen molar-refractivity contribution in [2.75, 3.05) is 0 Å². The van der Waals surface area contributed by atoms with Crippen molar-refractivity contribution in [3.05, 3.63) is 112 Å². The van der Waals surface area contributed by atoms with Crippen LogP contribution >= 0.6 is 0 Å². The minimum atomic E-state index is -0.574. The van der Waals surface area contributed by atoms with Crippen LogP contribution in [0.4, 0.5) is 10.5 Å². The number of carbonyl (C=O) groups excluding carboxylic acids is 2. The number of hydrogen-bond donors (Lipinski definition) is 2. The molecule has 34 heavy (non-hydrogen) atoms. The van der Waals surface area contributed by atoms with E-state index in [0.29, 0.717) is 11.3 Å². The monoisotopic (exact) mass is 450 g/mol. The Morgan fingerprint density at radius 3 is 1.97 bits per heavy atom. The number of urea groups is 1. The van der Waals surface area contributed by atoms with Crippen LogP contribution in [0.25, 0.3) is 34.3 Å². The lowest BCUT2D eigenvalue weighted by Crippen LogP contribution is -2.22. The highest BCUT2D eigenvalue weighted by Crippen LogP contribution is 2.37. The molecule has 2 heterocycles. The molecule has 1 aliphatic rings. The summed E-state index contributed by atoms with van der Waals surface area (Å²) in [6, 6.07) is 27.0. The normalized spacial score (nSPS) is 14.2. The van der Waals surface area contributed by atoms with Crippen LogP contribution in [-0.4, -0.2) is 21.4 Å². The number of nitrogens with zero attached hydrogens (tertiary/aromatic N) is 2. The first-order valence-corrected chi connectivity index (χ1v) is 10.5. The molecule has 8 heteroatoms. The predicted octanol–water partition coefficient (Wildman–Crippen LogP) is 4.90. The summed E-state index contributed by atoms with van der Waals surface area (Å²) in [4.78, 5) is 34.7. The Morgan fingerprint density at radius 1 is 0.794 bits per heavy atom. The fraction of sp³-hybridized carbons (Fsp3) is 0. The molecule has 4 aromatic rings. The number of nitro groups is 1. The predicted molar refractivity (Wildman–Crippen MR) is 128 cm³/mol. The third kappa shape index (κ3) is 3.84. The van der Waals surface area contributed by atoms with Crippen LogP contribution in [0, 0.1) is 10.1 Å². The summed E-state index contributed by atoms with van der Waals surface area (Å²) in [5.74, 6) is -0.506. The van der Waals surface area contributed by atoms with Gasteiger partial charge in [-0.2, -0.15) is 0 Å². The Kier molecular flexibility index (Phi) is 5.23. The number of rotatable bonds is 5. The molecule has 0 spiro atoms. The maximum Gasteiger partial charge on any atom is 0.326 e. The van der Waals surface area contributed by atoms with Crippen molar-refractivity contribution in [3.63, 3.8) is 0 Å². The van der Waals surface area contributed by atoms with Crippen molar-refractivity contribution >= 4 is 23.7 Å². The van der Waals surface area contributed by atoms with Crippen molar-refractivity contribution in [3.8, 4) is 28.2 Å². The summed E-state index contributed by atoms with van der Waals surface area (Å²) in [6.07, 6.45) is 1.64. The summed E-state index contributed by atoms with van der Waals surface area (Å²) < 4.78 is 2.00. The van der Waals surface area contributed by atoms with Crippen molar-refractivity contribution in [1.82, 2.24) is 15.2 Å². The Hall–Kier alpha value is -4.98. The first kappa shape index (κ1) is 20.9. The van der Waals surface area contributed by atoms with E-state index in [4.69, 9.17) is 0 Å². The average Bonchev–Trinajstić information content (AvgIpc) is 3.39. The second-order valence-corrected chi connectivity index (χ2v) is 7.64. The van der Waals surface area contributed by atoms with Gasteiger partial charge in [0.25, 0.3) is 11.6 Å². The first-order chi connectivity index (χ1) is 16.5. The minimum absolute atomic E-state index is 0.00823. The molecule has 0 bridgehead atoms. The fourth-order valence-corrected chi connectivity index (χ4v) is 3.98. The lowest BCUT2D eigenvalue weighted by Gasteiger charge is -2.15. The number of aromatic nitrogens is 1. The molecule has 1 aliphatic heterocycles. The van der Waals surface area contributed by atoms with Crippen LogP contribution in [0.15, 0.2) is 96.7 Å². The quantitative estimate of drug-likeness (QED) is 0.195. The van der Waals surface area contributed by atoms with Crippen molar-refractivity contribution in [2.24, 2.45) is 0 Å². The number of nitro benzene ring substituents is 1. The van der Waals surface area contributed by atoms with Crippen LogP contribution in [0.3, 0.4) is 0 Å². The lowest BCUT2D eigenvalue weighted by atomic mass is 10.1. The molecule has 2 N–H and O–H groups in total. The second kappa shape index (κ2) is 8.51. The topological polar surface area (TPSA) is 106 Å². The van der Waals surface area contributed by atoms with Crippen LogP contribution in [0.2, 0.25) is 0 Å². The van der Waals surface area contributed by atoms with Crippen molar-refractivity contribution in [2.45, 2.75) is 0 Å². The van der Waals surface area contributed by atoms with Crippen molar-refractivity contribution < 1.29 is 14.5 Å². The SMILES string of the molecule is O=C1NC(=O)/C(=C/c2cc(-c3ccccc3)n(-c3ccc([N+](=O)[O-])cc3)c2-c2ccccc2)N1. The second-order valence-electron chi connectivity index (χ2n) is 7.64. The smallest absolute Gasteiger partial charge is 0.309 e. The van der Waals surface area contributed by atoms with Crippen molar-refractivity contribution in [1.29, 1.82) is 0 Å².